The molecule has 1 fully saturated rings. The summed E-state index contributed by atoms with van der Waals surface area (Å²) in [6, 6.07) is 14.4. The Balaban J connectivity index is 0.000000395. The van der Waals surface area contributed by atoms with E-state index in [1.54, 1.807) is 12.5 Å². The van der Waals surface area contributed by atoms with Gasteiger partial charge in [-0.1, -0.05) is 55.8 Å². The molecule has 0 radical (unpaired) electrons. The molecular weight excluding hydrogens is 486 g/mol. The lowest BCUT2D eigenvalue weighted by molar-refractivity contribution is 0.0158. The van der Waals surface area contributed by atoms with Crippen molar-refractivity contribution in [3.63, 3.8) is 0 Å². The number of hydrogen-bond acceptors (Lipinski definition) is 6. The van der Waals surface area contributed by atoms with E-state index < -0.39 is 5.60 Å². The first-order valence-corrected chi connectivity index (χ1v) is 13.8. The number of aryl methyl sites for hydroxylation is 2. The van der Waals surface area contributed by atoms with Crippen molar-refractivity contribution in [2.24, 2.45) is 0 Å². The number of piperazine rings is 1. The molecular formula is C32H43N5O2. The first kappa shape index (κ1) is 29.8. The molecule has 3 aromatic rings. The number of amides is 1. The SMILES string of the molecule is C/C=C(/c1ccccc1)c1c(C)ncnc1N1CCN(C(=O)OC(C)(C)C)C(C)C1.CCCc1cccnc1. The Hall–Kier alpha value is -3.74. The van der Waals surface area contributed by atoms with Gasteiger partial charge in [0.15, 0.2) is 0 Å². The van der Waals surface area contributed by atoms with Crippen LogP contribution in [0.1, 0.15) is 70.3 Å². The zero-order valence-corrected chi connectivity index (χ0v) is 24.5. The minimum absolute atomic E-state index is 0.0162. The molecule has 7 nitrogen and oxygen atoms in total. The quantitative estimate of drug-likeness (QED) is 0.366. The number of aromatic nitrogens is 3. The summed E-state index contributed by atoms with van der Waals surface area (Å²) >= 11 is 0. The maximum absolute atomic E-state index is 12.6. The smallest absolute Gasteiger partial charge is 0.410 e. The van der Waals surface area contributed by atoms with Crippen LogP contribution in [0.15, 0.2) is 67.3 Å². The van der Waals surface area contributed by atoms with Gasteiger partial charge in [-0.3, -0.25) is 4.98 Å². The summed E-state index contributed by atoms with van der Waals surface area (Å²) in [6.07, 6.45) is 9.55. The third-order valence-corrected chi connectivity index (χ3v) is 6.48. The van der Waals surface area contributed by atoms with Crippen molar-refractivity contribution in [2.45, 2.75) is 73.0 Å². The van der Waals surface area contributed by atoms with Gasteiger partial charge >= 0.3 is 6.09 Å². The Labute approximate surface area is 234 Å². The van der Waals surface area contributed by atoms with Gasteiger partial charge in [-0.05, 0) is 70.7 Å². The summed E-state index contributed by atoms with van der Waals surface area (Å²) in [5, 5.41) is 0. The van der Waals surface area contributed by atoms with Gasteiger partial charge in [0.1, 0.15) is 17.7 Å². The van der Waals surface area contributed by atoms with Crippen LogP contribution in [0.3, 0.4) is 0 Å². The Bertz CT molecular complexity index is 1220. The highest BCUT2D eigenvalue weighted by atomic mass is 16.6. The predicted molar refractivity (Wildman–Crippen MR) is 159 cm³/mol. The van der Waals surface area contributed by atoms with Gasteiger partial charge in [-0.15, -0.1) is 0 Å². The Morgan fingerprint density at radius 1 is 1.10 bits per heavy atom. The van der Waals surface area contributed by atoms with E-state index in [-0.39, 0.29) is 12.1 Å². The minimum atomic E-state index is -0.499. The van der Waals surface area contributed by atoms with Crippen molar-refractivity contribution in [1.82, 2.24) is 19.9 Å². The summed E-state index contributed by atoms with van der Waals surface area (Å²) in [4.78, 5) is 29.8. The number of carbonyl (C=O) groups excluding carboxylic acids is 1. The highest BCUT2D eigenvalue weighted by Crippen LogP contribution is 2.33. The fourth-order valence-electron chi connectivity index (χ4n) is 4.67. The van der Waals surface area contributed by atoms with Gasteiger partial charge in [0.25, 0.3) is 0 Å². The normalized spacial score (nSPS) is 15.9. The fourth-order valence-corrected chi connectivity index (χ4v) is 4.67. The summed E-state index contributed by atoms with van der Waals surface area (Å²) in [5.41, 5.74) is 5.08. The molecule has 7 heteroatoms. The molecule has 0 aliphatic carbocycles. The van der Waals surface area contributed by atoms with E-state index in [9.17, 15) is 4.79 Å². The Kier molecular flexibility index (Phi) is 10.6. The molecule has 1 unspecified atom stereocenters. The molecule has 1 aliphatic rings. The van der Waals surface area contributed by atoms with Gasteiger partial charge in [-0.25, -0.2) is 14.8 Å². The highest BCUT2D eigenvalue weighted by molar-refractivity contribution is 5.86. The molecule has 0 bridgehead atoms. The Morgan fingerprint density at radius 2 is 1.85 bits per heavy atom. The number of rotatable bonds is 5. The minimum Gasteiger partial charge on any atom is -0.444 e. The van der Waals surface area contributed by atoms with E-state index in [0.717, 1.165) is 34.6 Å². The molecule has 39 heavy (non-hydrogen) atoms. The van der Waals surface area contributed by atoms with Crippen LogP contribution in [-0.2, 0) is 11.2 Å². The maximum Gasteiger partial charge on any atom is 0.410 e. The van der Waals surface area contributed by atoms with Crippen molar-refractivity contribution in [1.29, 1.82) is 0 Å². The van der Waals surface area contributed by atoms with Crippen LogP contribution in [0, 0.1) is 6.92 Å². The van der Waals surface area contributed by atoms with E-state index >= 15 is 0 Å². The summed E-state index contributed by atoms with van der Waals surface area (Å²) in [6.45, 7) is 15.9. The highest BCUT2D eigenvalue weighted by Gasteiger charge is 2.32. The number of hydrogen-bond donors (Lipinski definition) is 0. The van der Waals surface area contributed by atoms with E-state index in [1.807, 2.05) is 70.0 Å². The van der Waals surface area contributed by atoms with E-state index in [4.69, 9.17) is 4.74 Å². The molecule has 1 atom stereocenters. The molecule has 0 saturated carbocycles. The predicted octanol–water partition coefficient (Wildman–Crippen LogP) is 6.72. The average Bonchev–Trinajstić information content (AvgIpc) is 2.91. The van der Waals surface area contributed by atoms with Crippen molar-refractivity contribution in [2.75, 3.05) is 24.5 Å². The lowest BCUT2D eigenvalue weighted by Gasteiger charge is -2.41. The second kappa shape index (κ2) is 13.9. The van der Waals surface area contributed by atoms with Gasteiger partial charge < -0.3 is 14.5 Å². The second-order valence-electron chi connectivity index (χ2n) is 10.8. The molecule has 3 heterocycles. The number of anilines is 1. The maximum atomic E-state index is 12.6. The van der Waals surface area contributed by atoms with Crippen LogP contribution in [0.4, 0.5) is 10.6 Å². The number of carbonyl (C=O) groups is 1. The van der Waals surface area contributed by atoms with Crippen LogP contribution in [-0.4, -0.2) is 57.2 Å². The largest absolute Gasteiger partial charge is 0.444 e. The molecule has 1 aromatic carbocycles. The third kappa shape index (κ3) is 8.37. The first-order valence-electron chi connectivity index (χ1n) is 13.8. The number of allylic oxidation sites excluding steroid dienone is 1. The van der Waals surface area contributed by atoms with Gasteiger partial charge in [0, 0.05) is 43.6 Å². The van der Waals surface area contributed by atoms with Crippen molar-refractivity contribution < 1.29 is 9.53 Å². The van der Waals surface area contributed by atoms with Crippen molar-refractivity contribution in [3.8, 4) is 0 Å². The second-order valence-corrected chi connectivity index (χ2v) is 10.8. The first-order chi connectivity index (χ1) is 18.6. The molecule has 0 spiro atoms. The van der Waals surface area contributed by atoms with E-state index in [1.165, 1.54) is 12.0 Å². The van der Waals surface area contributed by atoms with Crippen LogP contribution in [0.5, 0.6) is 0 Å². The average molecular weight is 530 g/mol. The molecule has 0 N–H and O–H groups in total. The standard InChI is InChI=1S/C24H32N4O2.C8H11N/c1-7-20(19-11-9-8-10-12-19)21-18(3)25-16-26-22(21)27-13-14-28(17(2)15-27)23(29)30-24(4,5)6;1-2-4-8-5-3-6-9-7-8/h7-12,16-17H,13-15H2,1-6H3;3,5-7H,2,4H2,1H3/b20-7-;. The number of ether oxygens (including phenoxy) is 1. The molecule has 4 rings (SSSR count). The topological polar surface area (TPSA) is 71.5 Å². The van der Waals surface area contributed by atoms with E-state index in [0.29, 0.717) is 19.6 Å². The molecule has 208 valence electrons. The van der Waals surface area contributed by atoms with E-state index in [2.05, 4.69) is 58.0 Å². The summed E-state index contributed by atoms with van der Waals surface area (Å²) in [5.74, 6) is 0.912. The zero-order chi connectivity index (χ0) is 28.4. The summed E-state index contributed by atoms with van der Waals surface area (Å²) in [7, 11) is 0. The fraction of sp³-hybridized carbons (Fsp3) is 0.438. The third-order valence-electron chi connectivity index (χ3n) is 6.48. The number of benzene rings is 1. The zero-order valence-electron chi connectivity index (χ0n) is 24.5. The lowest BCUT2D eigenvalue weighted by Crippen LogP contribution is -2.55. The summed E-state index contributed by atoms with van der Waals surface area (Å²) < 4.78 is 5.58. The molecule has 1 saturated heterocycles. The number of pyridine rings is 1. The Morgan fingerprint density at radius 3 is 2.44 bits per heavy atom. The van der Waals surface area contributed by atoms with Crippen molar-refractivity contribution in [3.05, 3.63) is 89.6 Å². The van der Waals surface area contributed by atoms with Gasteiger partial charge in [-0.2, -0.15) is 0 Å². The number of nitrogens with zero attached hydrogens (tertiary/aromatic N) is 5. The molecule has 1 amide bonds. The van der Waals surface area contributed by atoms with Crippen LogP contribution in [0.2, 0.25) is 0 Å². The molecule has 1 aliphatic heterocycles. The van der Waals surface area contributed by atoms with Crippen LogP contribution >= 0.6 is 0 Å². The lowest BCUT2D eigenvalue weighted by atomic mass is 9.96. The van der Waals surface area contributed by atoms with Gasteiger partial charge in [0.05, 0.1) is 5.69 Å². The van der Waals surface area contributed by atoms with Crippen LogP contribution in [0.25, 0.3) is 5.57 Å². The monoisotopic (exact) mass is 529 g/mol. The van der Waals surface area contributed by atoms with Crippen LogP contribution < -0.4 is 4.90 Å². The molecule has 2 aromatic heterocycles. The van der Waals surface area contributed by atoms with Crippen molar-refractivity contribution >= 4 is 17.5 Å². The van der Waals surface area contributed by atoms with Gasteiger partial charge in [0.2, 0.25) is 0 Å².